The highest BCUT2D eigenvalue weighted by Crippen LogP contribution is 2.35. The van der Waals surface area contributed by atoms with E-state index in [0.717, 1.165) is 37.2 Å². The maximum absolute atomic E-state index is 9.80. The molecule has 0 amide bonds. The smallest absolute Gasteiger partial charge is 0.151 e. The highest BCUT2D eigenvalue weighted by Gasteiger charge is 2.23. The van der Waals surface area contributed by atoms with Gasteiger partial charge in [-0.05, 0) is 30.0 Å². The molecule has 5 heteroatoms. The van der Waals surface area contributed by atoms with Crippen LogP contribution < -0.4 is 5.32 Å². The maximum atomic E-state index is 9.80. The van der Waals surface area contributed by atoms with Crippen molar-refractivity contribution in [2.75, 3.05) is 6.54 Å². The van der Waals surface area contributed by atoms with Gasteiger partial charge in [-0.3, -0.25) is 4.68 Å². The minimum atomic E-state index is 0.339. The number of hydrogen-bond acceptors (Lipinski definition) is 4. The molecule has 1 aliphatic carbocycles. The predicted octanol–water partition coefficient (Wildman–Crippen LogP) is 1.34. The van der Waals surface area contributed by atoms with E-state index in [0.29, 0.717) is 11.8 Å². The number of hydrogen-bond donors (Lipinski definition) is 2. The Hall–Kier alpha value is -1.88. The predicted molar refractivity (Wildman–Crippen MR) is 71.9 cm³/mol. The van der Waals surface area contributed by atoms with Gasteiger partial charge in [0.25, 0.3) is 0 Å². The molecule has 0 bridgehead atoms. The van der Waals surface area contributed by atoms with Crippen molar-refractivity contribution < 1.29 is 5.11 Å². The Bertz CT molecular complexity index is 579. The summed E-state index contributed by atoms with van der Waals surface area (Å²) in [5.74, 6) is 1.29. The van der Waals surface area contributed by atoms with Crippen LogP contribution in [0.2, 0.25) is 0 Å². The van der Waals surface area contributed by atoms with E-state index in [1.165, 1.54) is 5.56 Å². The van der Waals surface area contributed by atoms with Gasteiger partial charge < -0.3 is 10.4 Å². The van der Waals surface area contributed by atoms with E-state index >= 15 is 0 Å². The fraction of sp³-hybridized carbons (Fsp3) is 0.429. The molecule has 1 unspecified atom stereocenters. The normalized spacial score (nSPS) is 17.6. The van der Waals surface area contributed by atoms with Crippen molar-refractivity contribution in [1.29, 1.82) is 0 Å². The summed E-state index contributed by atoms with van der Waals surface area (Å²) >= 11 is 0. The van der Waals surface area contributed by atoms with Crippen molar-refractivity contribution in [3.05, 3.63) is 41.5 Å². The molecule has 0 aliphatic heterocycles. The summed E-state index contributed by atoms with van der Waals surface area (Å²) in [6.07, 6.45) is 4.54. The van der Waals surface area contributed by atoms with Crippen molar-refractivity contribution >= 4 is 0 Å². The maximum Gasteiger partial charge on any atom is 0.151 e. The number of benzene rings is 1. The van der Waals surface area contributed by atoms with Gasteiger partial charge in [0.15, 0.2) is 5.82 Å². The lowest BCUT2D eigenvalue weighted by atomic mass is 10.1. The lowest BCUT2D eigenvalue weighted by Gasteiger charge is -2.13. The Kier molecular flexibility index (Phi) is 3.21. The summed E-state index contributed by atoms with van der Waals surface area (Å²) in [6.45, 7) is 0.851. The van der Waals surface area contributed by atoms with Crippen molar-refractivity contribution in [3.8, 4) is 5.75 Å². The molecule has 3 rings (SSSR count). The summed E-state index contributed by atoms with van der Waals surface area (Å²) < 4.78 is 1.72. The molecular formula is C14H18N4O. The van der Waals surface area contributed by atoms with Gasteiger partial charge in [0.1, 0.15) is 12.1 Å². The van der Waals surface area contributed by atoms with Crippen molar-refractivity contribution in [3.63, 3.8) is 0 Å². The Labute approximate surface area is 112 Å². The van der Waals surface area contributed by atoms with E-state index in [-0.39, 0.29) is 0 Å². The van der Waals surface area contributed by atoms with Crippen LogP contribution in [0, 0.1) is 0 Å². The van der Waals surface area contributed by atoms with Crippen LogP contribution in [-0.4, -0.2) is 26.4 Å². The molecule has 1 aromatic heterocycles. The summed E-state index contributed by atoms with van der Waals surface area (Å²) in [5.41, 5.74) is 2.32. The highest BCUT2D eigenvalue weighted by molar-refractivity contribution is 5.44. The summed E-state index contributed by atoms with van der Waals surface area (Å²) in [7, 11) is 1.87. The zero-order valence-electron chi connectivity index (χ0n) is 11.0. The Morgan fingerprint density at radius 1 is 1.47 bits per heavy atom. The van der Waals surface area contributed by atoms with Crippen molar-refractivity contribution in [1.82, 2.24) is 20.1 Å². The standard InChI is InChI=1S/C14H18N4O/c1-18-9-16-14(17-18)7-8-15-12-6-5-11-10(12)3-2-4-13(11)19/h2-4,9,12,15,19H,5-8H2,1H3. The molecule has 0 radical (unpaired) electrons. The Balaban J connectivity index is 1.59. The van der Waals surface area contributed by atoms with Gasteiger partial charge in [0.2, 0.25) is 0 Å². The third kappa shape index (κ3) is 2.46. The quantitative estimate of drug-likeness (QED) is 0.868. The minimum Gasteiger partial charge on any atom is -0.508 e. The average Bonchev–Trinajstić information content (AvgIpc) is 2.98. The van der Waals surface area contributed by atoms with Crippen LogP contribution in [0.15, 0.2) is 24.5 Å². The first-order valence-electron chi connectivity index (χ1n) is 6.62. The molecule has 0 fully saturated rings. The van der Waals surface area contributed by atoms with Gasteiger partial charge in [-0.2, -0.15) is 5.10 Å². The molecule has 1 aromatic carbocycles. The molecule has 0 saturated carbocycles. The van der Waals surface area contributed by atoms with E-state index in [4.69, 9.17) is 0 Å². The number of rotatable bonds is 4. The molecule has 100 valence electrons. The van der Waals surface area contributed by atoms with Crippen LogP contribution >= 0.6 is 0 Å². The number of aromatic nitrogens is 3. The first-order chi connectivity index (χ1) is 9.24. The molecule has 0 spiro atoms. The van der Waals surface area contributed by atoms with Crippen LogP contribution in [0.1, 0.15) is 29.4 Å². The van der Waals surface area contributed by atoms with Crippen LogP contribution in [0.4, 0.5) is 0 Å². The molecule has 1 heterocycles. The van der Waals surface area contributed by atoms with Gasteiger partial charge in [-0.25, -0.2) is 4.98 Å². The van der Waals surface area contributed by atoms with Crippen LogP contribution in [0.3, 0.4) is 0 Å². The number of nitrogens with one attached hydrogen (secondary N) is 1. The molecular weight excluding hydrogens is 240 g/mol. The summed E-state index contributed by atoms with van der Waals surface area (Å²) in [6, 6.07) is 6.11. The fourth-order valence-corrected chi connectivity index (χ4v) is 2.70. The van der Waals surface area contributed by atoms with E-state index in [1.807, 2.05) is 13.1 Å². The van der Waals surface area contributed by atoms with E-state index in [9.17, 15) is 5.11 Å². The number of aromatic hydroxyl groups is 1. The topological polar surface area (TPSA) is 63.0 Å². The molecule has 2 N–H and O–H groups in total. The van der Waals surface area contributed by atoms with E-state index in [2.05, 4.69) is 21.5 Å². The monoisotopic (exact) mass is 258 g/mol. The van der Waals surface area contributed by atoms with Crippen LogP contribution in [0.5, 0.6) is 5.75 Å². The third-order valence-electron chi connectivity index (χ3n) is 3.63. The second-order valence-electron chi connectivity index (χ2n) is 4.97. The van der Waals surface area contributed by atoms with Gasteiger partial charge in [-0.15, -0.1) is 0 Å². The zero-order valence-corrected chi connectivity index (χ0v) is 11.0. The van der Waals surface area contributed by atoms with Gasteiger partial charge in [0.05, 0.1) is 0 Å². The van der Waals surface area contributed by atoms with Crippen LogP contribution in [0.25, 0.3) is 0 Å². The molecule has 1 aliphatic rings. The SMILES string of the molecule is Cn1cnc(CCNC2CCc3c(O)cccc32)n1. The number of phenolic OH excluding ortho intramolecular Hbond substituents is 1. The third-order valence-corrected chi connectivity index (χ3v) is 3.63. The van der Waals surface area contributed by atoms with Gasteiger partial charge in [-0.1, -0.05) is 12.1 Å². The number of nitrogens with zero attached hydrogens (tertiary/aromatic N) is 3. The molecule has 5 nitrogen and oxygen atoms in total. The van der Waals surface area contributed by atoms with E-state index < -0.39 is 0 Å². The lowest BCUT2D eigenvalue weighted by Crippen LogP contribution is -2.22. The number of aryl methyl sites for hydroxylation is 1. The van der Waals surface area contributed by atoms with E-state index in [1.54, 1.807) is 17.1 Å². The Morgan fingerprint density at radius 3 is 3.16 bits per heavy atom. The largest absolute Gasteiger partial charge is 0.508 e. The second kappa shape index (κ2) is 5.01. The molecule has 0 saturated heterocycles. The highest BCUT2D eigenvalue weighted by atomic mass is 16.3. The van der Waals surface area contributed by atoms with Gasteiger partial charge in [0, 0.05) is 26.1 Å². The summed E-state index contributed by atoms with van der Waals surface area (Å²) in [4.78, 5) is 4.21. The van der Waals surface area contributed by atoms with Gasteiger partial charge >= 0.3 is 0 Å². The minimum absolute atomic E-state index is 0.339. The molecule has 19 heavy (non-hydrogen) atoms. The second-order valence-corrected chi connectivity index (χ2v) is 4.97. The first-order valence-corrected chi connectivity index (χ1v) is 6.62. The first kappa shape index (κ1) is 12.2. The molecule has 2 aromatic rings. The van der Waals surface area contributed by atoms with Crippen LogP contribution in [-0.2, 0) is 19.9 Å². The van der Waals surface area contributed by atoms with Crippen molar-refractivity contribution in [2.24, 2.45) is 7.05 Å². The Morgan fingerprint density at radius 2 is 2.37 bits per heavy atom. The number of phenols is 1. The fourth-order valence-electron chi connectivity index (χ4n) is 2.70. The molecule has 1 atom stereocenters. The average molecular weight is 258 g/mol. The number of fused-ring (bicyclic) bond motifs is 1. The summed E-state index contributed by atoms with van der Waals surface area (Å²) in [5, 5.41) is 17.6. The lowest BCUT2D eigenvalue weighted by molar-refractivity contribution is 0.469. The van der Waals surface area contributed by atoms with Crippen molar-refractivity contribution in [2.45, 2.75) is 25.3 Å². The zero-order chi connectivity index (χ0) is 13.2.